The number of hydrogen-bond donors (Lipinski definition) is 1. The quantitative estimate of drug-likeness (QED) is 0.391. The number of fused-ring (bicyclic) bond motifs is 1. The minimum absolute atomic E-state index is 0.0649. The van der Waals surface area contributed by atoms with E-state index in [1.54, 1.807) is 25.1 Å². The van der Waals surface area contributed by atoms with Crippen LogP contribution in [0.4, 0.5) is 0 Å². The van der Waals surface area contributed by atoms with Gasteiger partial charge in [-0.05, 0) is 61.6 Å². The molecule has 2 aromatic carbocycles. The number of aromatic amines is 1. The first kappa shape index (κ1) is 23.3. The summed E-state index contributed by atoms with van der Waals surface area (Å²) in [5, 5.41) is 0.458. The molecule has 1 atom stereocenters. The number of benzene rings is 2. The number of esters is 1. The summed E-state index contributed by atoms with van der Waals surface area (Å²) in [4.78, 5) is 28.4. The van der Waals surface area contributed by atoms with Gasteiger partial charge in [-0.1, -0.05) is 15.9 Å². The lowest BCUT2D eigenvalue weighted by Crippen LogP contribution is -2.29. The molecule has 1 heterocycles. The van der Waals surface area contributed by atoms with Crippen LogP contribution in [-0.2, 0) is 21.3 Å². The third-order valence-electron chi connectivity index (χ3n) is 4.56. The van der Waals surface area contributed by atoms with Gasteiger partial charge in [-0.3, -0.25) is 9.36 Å². The molecule has 0 fully saturated rings. The van der Waals surface area contributed by atoms with Crippen molar-refractivity contribution in [3.63, 3.8) is 0 Å². The maximum atomic E-state index is 12.8. The molecule has 8 nitrogen and oxygen atoms in total. The average Bonchev–Trinajstić information content (AvgIpc) is 2.71. The average molecular weight is 526 g/mol. The van der Waals surface area contributed by atoms with E-state index >= 15 is 0 Å². The number of sulfonamides is 1. The standard InChI is InChI=1S/C20H20BrN3O5S2/c1-12(11-24-18(25)16-10-14(21)6-9-17(16)22-20(24)30)29-19(26)13-4-7-15(8-5-13)31(27,28)23(2)3/h4-10,12H,11H2,1-3H3,(H,22,30)/t12-/m0/s1. The van der Waals surface area contributed by atoms with E-state index in [9.17, 15) is 18.0 Å². The Labute approximate surface area is 192 Å². The minimum Gasteiger partial charge on any atom is -0.457 e. The molecule has 0 aliphatic heterocycles. The Hall–Kier alpha value is -2.34. The molecule has 11 heteroatoms. The van der Waals surface area contributed by atoms with Gasteiger partial charge in [0.25, 0.3) is 5.56 Å². The van der Waals surface area contributed by atoms with Crippen molar-refractivity contribution >= 4 is 55.0 Å². The first-order valence-corrected chi connectivity index (χ1v) is 11.8. The Kier molecular flexibility index (Phi) is 6.79. The summed E-state index contributed by atoms with van der Waals surface area (Å²) in [5.41, 5.74) is 0.526. The highest BCUT2D eigenvalue weighted by molar-refractivity contribution is 9.10. The fraction of sp³-hybridized carbons (Fsp3) is 0.250. The Bertz CT molecular complexity index is 1360. The number of aromatic nitrogens is 2. The molecule has 3 rings (SSSR count). The van der Waals surface area contributed by atoms with Crippen molar-refractivity contribution in [2.45, 2.75) is 24.5 Å². The molecule has 0 radical (unpaired) electrons. The summed E-state index contributed by atoms with van der Waals surface area (Å²) in [6, 6.07) is 10.7. The molecular weight excluding hydrogens is 506 g/mol. The van der Waals surface area contributed by atoms with E-state index in [1.807, 2.05) is 0 Å². The zero-order valence-corrected chi connectivity index (χ0v) is 20.2. The number of nitrogens with zero attached hydrogens (tertiary/aromatic N) is 2. The number of carbonyl (C=O) groups is 1. The zero-order valence-electron chi connectivity index (χ0n) is 17.0. The SMILES string of the molecule is C[C@@H](Cn1c(=S)[nH]c2ccc(Br)cc2c1=O)OC(=O)c1ccc(S(=O)(=O)N(C)C)cc1. The highest BCUT2D eigenvalue weighted by Crippen LogP contribution is 2.17. The van der Waals surface area contributed by atoms with Crippen LogP contribution in [0.15, 0.2) is 56.6 Å². The van der Waals surface area contributed by atoms with Crippen molar-refractivity contribution in [1.82, 2.24) is 13.9 Å². The van der Waals surface area contributed by atoms with E-state index in [1.165, 1.54) is 42.9 Å². The Balaban J connectivity index is 1.78. The fourth-order valence-electron chi connectivity index (χ4n) is 2.91. The van der Waals surface area contributed by atoms with Crippen molar-refractivity contribution in [1.29, 1.82) is 0 Å². The lowest BCUT2D eigenvalue weighted by molar-refractivity contribution is 0.0302. The van der Waals surface area contributed by atoms with Gasteiger partial charge < -0.3 is 9.72 Å². The van der Waals surface area contributed by atoms with Gasteiger partial charge in [0.05, 0.1) is 27.9 Å². The summed E-state index contributed by atoms with van der Waals surface area (Å²) < 4.78 is 33.1. The summed E-state index contributed by atoms with van der Waals surface area (Å²) >= 11 is 8.64. The fourth-order valence-corrected chi connectivity index (χ4v) is 4.44. The van der Waals surface area contributed by atoms with Crippen LogP contribution < -0.4 is 5.56 Å². The van der Waals surface area contributed by atoms with E-state index in [4.69, 9.17) is 17.0 Å². The number of rotatable bonds is 6. The third kappa shape index (κ3) is 4.95. The Morgan fingerprint density at radius 1 is 1.23 bits per heavy atom. The molecule has 1 aromatic heterocycles. The van der Waals surface area contributed by atoms with Crippen LogP contribution in [0, 0.1) is 4.77 Å². The maximum absolute atomic E-state index is 12.8. The van der Waals surface area contributed by atoms with Crippen molar-refractivity contribution < 1.29 is 17.9 Å². The molecule has 1 N–H and O–H groups in total. The normalized spacial score (nSPS) is 12.8. The number of halogens is 1. The van der Waals surface area contributed by atoms with Gasteiger partial charge >= 0.3 is 5.97 Å². The second-order valence-corrected chi connectivity index (χ2v) is 10.5. The van der Waals surface area contributed by atoms with Crippen LogP contribution in [0.1, 0.15) is 17.3 Å². The second-order valence-electron chi connectivity index (χ2n) is 7.06. The van der Waals surface area contributed by atoms with Gasteiger partial charge in [0.1, 0.15) is 6.10 Å². The summed E-state index contributed by atoms with van der Waals surface area (Å²) in [5.74, 6) is -0.632. The molecule has 0 saturated carbocycles. The van der Waals surface area contributed by atoms with Gasteiger partial charge in [0, 0.05) is 18.6 Å². The molecule has 3 aromatic rings. The van der Waals surface area contributed by atoms with Crippen LogP contribution >= 0.6 is 28.1 Å². The van der Waals surface area contributed by atoms with E-state index in [-0.39, 0.29) is 27.3 Å². The lowest BCUT2D eigenvalue weighted by atomic mass is 10.2. The predicted molar refractivity (Wildman–Crippen MR) is 123 cm³/mol. The van der Waals surface area contributed by atoms with Crippen LogP contribution in [0.2, 0.25) is 0 Å². The highest BCUT2D eigenvalue weighted by atomic mass is 79.9. The van der Waals surface area contributed by atoms with Crippen LogP contribution in [0.25, 0.3) is 10.9 Å². The number of nitrogens with one attached hydrogen (secondary N) is 1. The number of hydrogen-bond acceptors (Lipinski definition) is 6. The van der Waals surface area contributed by atoms with E-state index < -0.39 is 22.1 Å². The van der Waals surface area contributed by atoms with Crippen molar-refractivity contribution in [3.8, 4) is 0 Å². The monoisotopic (exact) mass is 525 g/mol. The predicted octanol–water partition coefficient (Wildman–Crippen LogP) is 3.32. The van der Waals surface area contributed by atoms with Gasteiger partial charge in [0.2, 0.25) is 10.0 Å². The lowest BCUT2D eigenvalue weighted by Gasteiger charge is -2.16. The van der Waals surface area contributed by atoms with Crippen molar-refractivity contribution in [2.24, 2.45) is 0 Å². The van der Waals surface area contributed by atoms with Gasteiger partial charge in [-0.2, -0.15) is 0 Å². The van der Waals surface area contributed by atoms with Gasteiger partial charge in [-0.15, -0.1) is 0 Å². The summed E-state index contributed by atoms with van der Waals surface area (Å²) in [7, 11) is -0.733. The van der Waals surface area contributed by atoms with Gasteiger partial charge in [-0.25, -0.2) is 17.5 Å². The van der Waals surface area contributed by atoms with Crippen molar-refractivity contribution in [3.05, 3.63) is 67.6 Å². The zero-order chi connectivity index (χ0) is 22.9. The first-order chi connectivity index (χ1) is 14.5. The van der Waals surface area contributed by atoms with Crippen molar-refractivity contribution in [2.75, 3.05) is 14.1 Å². The van der Waals surface area contributed by atoms with Crippen LogP contribution in [0.5, 0.6) is 0 Å². The molecule has 164 valence electrons. The maximum Gasteiger partial charge on any atom is 0.338 e. The number of carbonyl (C=O) groups excluding carboxylic acids is 1. The summed E-state index contributed by atoms with van der Waals surface area (Å²) in [6.07, 6.45) is -0.657. The summed E-state index contributed by atoms with van der Waals surface area (Å²) in [6.45, 7) is 1.71. The smallest absolute Gasteiger partial charge is 0.338 e. The molecular formula is C20H20BrN3O5S2. The minimum atomic E-state index is -3.59. The van der Waals surface area contributed by atoms with Crippen LogP contribution in [-0.4, -0.2) is 48.4 Å². The molecule has 0 bridgehead atoms. The second kappa shape index (κ2) is 9.03. The topological polar surface area (TPSA) is 101 Å². The Morgan fingerprint density at radius 2 is 1.87 bits per heavy atom. The Morgan fingerprint density at radius 3 is 2.48 bits per heavy atom. The van der Waals surface area contributed by atoms with E-state index in [0.29, 0.717) is 10.9 Å². The molecule has 0 amide bonds. The molecule has 0 aliphatic carbocycles. The number of H-pyrrole nitrogens is 1. The van der Waals surface area contributed by atoms with E-state index in [2.05, 4.69) is 20.9 Å². The molecule has 0 aliphatic rings. The van der Waals surface area contributed by atoms with E-state index in [0.717, 1.165) is 8.78 Å². The van der Waals surface area contributed by atoms with Gasteiger partial charge in [0.15, 0.2) is 4.77 Å². The molecule has 0 spiro atoms. The first-order valence-electron chi connectivity index (χ1n) is 9.16. The molecule has 0 unspecified atom stereocenters. The van der Waals surface area contributed by atoms with Crippen LogP contribution in [0.3, 0.4) is 0 Å². The number of ether oxygens (including phenoxy) is 1. The molecule has 0 saturated heterocycles. The third-order valence-corrected chi connectivity index (χ3v) is 7.21. The largest absolute Gasteiger partial charge is 0.457 e. The highest BCUT2D eigenvalue weighted by Gasteiger charge is 2.19. The molecule has 31 heavy (non-hydrogen) atoms.